The van der Waals surface area contributed by atoms with Gasteiger partial charge in [-0.3, -0.25) is 14.4 Å². The predicted octanol–water partition coefficient (Wildman–Crippen LogP) is 3.10. The molecule has 0 aliphatic rings. The Labute approximate surface area is 176 Å². The zero-order valence-corrected chi connectivity index (χ0v) is 17.9. The van der Waals surface area contributed by atoms with Gasteiger partial charge in [0.15, 0.2) is 0 Å². The van der Waals surface area contributed by atoms with Crippen LogP contribution in [0.25, 0.3) is 0 Å². The van der Waals surface area contributed by atoms with Crippen LogP contribution in [0.2, 0.25) is 0 Å². The Morgan fingerprint density at radius 1 is 1.27 bits per heavy atom. The summed E-state index contributed by atoms with van der Waals surface area (Å²) in [4.78, 5) is 38.8. The Bertz CT molecular complexity index is 1030. The van der Waals surface area contributed by atoms with Gasteiger partial charge in [0.2, 0.25) is 11.8 Å². The van der Waals surface area contributed by atoms with Crippen LogP contribution in [0.3, 0.4) is 0 Å². The normalized spacial score (nSPS) is 11.4. The number of aromatic nitrogens is 1. The smallest absolute Gasteiger partial charge is 0.266 e. The Morgan fingerprint density at radius 2 is 2.00 bits per heavy atom. The number of anilines is 1. The monoisotopic (exact) mass is 408 g/mol. The van der Waals surface area contributed by atoms with E-state index in [4.69, 9.17) is 5.26 Å². The number of aryl methyl sites for hydroxylation is 1. The van der Waals surface area contributed by atoms with Gasteiger partial charge in [0.25, 0.3) is 5.56 Å². The molecule has 0 spiro atoms. The van der Waals surface area contributed by atoms with Crippen molar-refractivity contribution in [3.63, 3.8) is 0 Å². The number of nitriles is 1. The molecule has 1 heterocycles. The van der Waals surface area contributed by atoms with E-state index in [2.05, 4.69) is 15.6 Å². The molecule has 0 aliphatic heterocycles. The number of nitrogens with one attached hydrogen (secondary N) is 3. The molecule has 30 heavy (non-hydrogen) atoms. The van der Waals surface area contributed by atoms with Crippen molar-refractivity contribution in [2.45, 2.75) is 53.5 Å². The molecule has 7 nitrogen and oxygen atoms in total. The molecular weight excluding hydrogens is 380 g/mol. The molecular formula is C23H28N4O3. The van der Waals surface area contributed by atoms with E-state index in [0.29, 0.717) is 29.9 Å². The molecule has 1 aromatic carbocycles. The lowest BCUT2D eigenvalue weighted by Gasteiger charge is -2.12. The van der Waals surface area contributed by atoms with Gasteiger partial charge in [-0.2, -0.15) is 5.26 Å². The minimum Gasteiger partial charge on any atom is -0.352 e. The molecule has 2 rings (SSSR count). The number of rotatable bonds is 8. The summed E-state index contributed by atoms with van der Waals surface area (Å²) in [6.45, 7) is 7.69. The number of hydrogen-bond acceptors (Lipinski definition) is 4. The van der Waals surface area contributed by atoms with Crippen LogP contribution in [0.1, 0.15) is 54.6 Å². The number of carbonyl (C=O) groups excluding carboxylic acids is 2. The van der Waals surface area contributed by atoms with Gasteiger partial charge in [0.1, 0.15) is 11.6 Å². The van der Waals surface area contributed by atoms with Gasteiger partial charge in [0.05, 0.1) is 0 Å². The standard InChI is InChI=1S/C23H28N4O3/c1-5-14(2)22(29)27-18-8-6-7-17(11-18)13-25-21(28)10-9-19-15(3)20(12-24)23(30)26-16(19)4/h6-8,11,14H,5,9-10,13H2,1-4H3,(H,25,28)(H,26,30)(H,27,29). The second-order valence-corrected chi connectivity index (χ2v) is 7.45. The molecule has 1 atom stereocenters. The van der Waals surface area contributed by atoms with Crippen molar-refractivity contribution in [2.75, 3.05) is 5.32 Å². The van der Waals surface area contributed by atoms with Crippen molar-refractivity contribution in [3.8, 4) is 6.07 Å². The summed E-state index contributed by atoms with van der Waals surface area (Å²) in [5.74, 6) is -0.218. The number of H-pyrrole nitrogens is 1. The van der Waals surface area contributed by atoms with E-state index in [1.807, 2.05) is 44.2 Å². The van der Waals surface area contributed by atoms with E-state index in [0.717, 1.165) is 17.5 Å². The highest BCUT2D eigenvalue weighted by Gasteiger charge is 2.14. The van der Waals surface area contributed by atoms with E-state index in [9.17, 15) is 14.4 Å². The van der Waals surface area contributed by atoms with E-state index in [-0.39, 0.29) is 29.7 Å². The maximum absolute atomic E-state index is 12.3. The first-order chi connectivity index (χ1) is 14.3. The van der Waals surface area contributed by atoms with Gasteiger partial charge in [-0.25, -0.2) is 0 Å². The van der Waals surface area contributed by atoms with Crippen molar-refractivity contribution in [1.82, 2.24) is 10.3 Å². The molecule has 0 radical (unpaired) electrons. The van der Waals surface area contributed by atoms with Crippen LogP contribution in [0, 0.1) is 31.1 Å². The summed E-state index contributed by atoms with van der Waals surface area (Å²) >= 11 is 0. The van der Waals surface area contributed by atoms with Crippen LogP contribution in [0.4, 0.5) is 5.69 Å². The third kappa shape index (κ3) is 5.80. The summed E-state index contributed by atoms with van der Waals surface area (Å²) in [5, 5.41) is 14.9. The lowest BCUT2D eigenvalue weighted by atomic mass is 9.99. The molecule has 2 aromatic rings. The van der Waals surface area contributed by atoms with Gasteiger partial charge in [0, 0.05) is 30.3 Å². The lowest BCUT2D eigenvalue weighted by Crippen LogP contribution is -2.24. The molecule has 0 saturated heterocycles. The molecule has 0 saturated carbocycles. The Balaban J connectivity index is 1.95. The molecule has 1 unspecified atom stereocenters. The topological polar surface area (TPSA) is 115 Å². The highest BCUT2D eigenvalue weighted by atomic mass is 16.2. The highest BCUT2D eigenvalue weighted by molar-refractivity contribution is 5.92. The lowest BCUT2D eigenvalue weighted by molar-refractivity contribution is -0.121. The molecule has 0 fully saturated rings. The maximum atomic E-state index is 12.3. The number of benzene rings is 1. The molecule has 0 bridgehead atoms. The Hall–Kier alpha value is -3.40. The van der Waals surface area contributed by atoms with Gasteiger partial charge in [-0.15, -0.1) is 0 Å². The maximum Gasteiger partial charge on any atom is 0.266 e. The van der Waals surface area contributed by atoms with Crippen molar-refractivity contribution < 1.29 is 9.59 Å². The number of aromatic amines is 1. The van der Waals surface area contributed by atoms with E-state index < -0.39 is 5.56 Å². The van der Waals surface area contributed by atoms with Gasteiger partial charge in [-0.05, 0) is 55.5 Å². The van der Waals surface area contributed by atoms with Gasteiger partial charge < -0.3 is 15.6 Å². The minimum atomic E-state index is -0.402. The number of carbonyl (C=O) groups is 2. The number of nitrogens with zero attached hydrogens (tertiary/aromatic N) is 1. The fourth-order valence-corrected chi connectivity index (χ4v) is 3.16. The van der Waals surface area contributed by atoms with Crippen LogP contribution in [0.15, 0.2) is 29.1 Å². The van der Waals surface area contributed by atoms with Crippen LogP contribution in [-0.2, 0) is 22.6 Å². The van der Waals surface area contributed by atoms with Crippen LogP contribution in [-0.4, -0.2) is 16.8 Å². The fraction of sp³-hybridized carbons (Fsp3) is 0.391. The summed E-state index contributed by atoms with van der Waals surface area (Å²) < 4.78 is 0. The first kappa shape index (κ1) is 22.9. The quantitative estimate of drug-likeness (QED) is 0.622. The summed E-state index contributed by atoms with van der Waals surface area (Å²) in [6, 6.07) is 9.30. The first-order valence-corrected chi connectivity index (χ1v) is 10.1. The SMILES string of the molecule is CCC(C)C(=O)Nc1cccc(CNC(=O)CCc2c(C)[nH]c(=O)c(C#N)c2C)c1. The van der Waals surface area contributed by atoms with Crippen molar-refractivity contribution in [3.05, 3.63) is 62.6 Å². The van der Waals surface area contributed by atoms with Gasteiger partial charge >= 0.3 is 0 Å². The van der Waals surface area contributed by atoms with Crippen LogP contribution < -0.4 is 16.2 Å². The van der Waals surface area contributed by atoms with Crippen LogP contribution >= 0.6 is 0 Å². The zero-order valence-electron chi connectivity index (χ0n) is 17.9. The third-order valence-electron chi connectivity index (χ3n) is 5.27. The van der Waals surface area contributed by atoms with E-state index in [1.54, 1.807) is 13.8 Å². The predicted molar refractivity (Wildman–Crippen MR) is 116 cm³/mol. The first-order valence-electron chi connectivity index (χ1n) is 10.1. The molecule has 7 heteroatoms. The third-order valence-corrected chi connectivity index (χ3v) is 5.27. The highest BCUT2D eigenvalue weighted by Crippen LogP contribution is 2.16. The summed E-state index contributed by atoms with van der Waals surface area (Å²) in [7, 11) is 0. The van der Waals surface area contributed by atoms with Gasteiger partial charge in [-0.1, -0.05) is 26.0 Å². The summed E-state index contributed by atoms with van der Waals surface area (Å²) in [5.41, 5.74) is 3.39. The van der Waals surface area contributed by atoms with Crippen molar-refractivity contribution in [1.29, 1.82) is 5.26 Å². The Morgan fingerprint density at radius 3 is 2.67 bits per heavy atom. The number of pyridine rings is 1. The Kier molecular flexibility index (Phi) is 7.93. The molecule has 0 aliphatic carbocycles. The second-order valence-electron chi connectivity index (χ2n) is 7.45. The van der Waals surface area contributed by atoms with E-state index in [1.165, 1.54) is 0 Å². The average Bonchev–Trinajstić information content (AvgIpc) is 2.71. The second kappa shape index (κ2) is 10.4. The summed E-state index contributed by atoms with van der Waals surface area (Å²) in [6.07, 6.45) is 1.44. The molecule has 1 aromatic heterocycles. The molecule has 3 N–H and O–H groups in total. The zero-order chi connectivity index (χ0) is 22.3. The fourth-order valence-electron chi connectivity index (χ4n) is 3.16. The number of amides is 2. The van der Waals surface area contributed by atoms with Crippen LogP contribution in [0.5, 0.6) is 0 Å². The molecule has 158 valence electrons. The van der Waals surface area contributed by atoms with Crippen molar-refractivity contribution in [2.24, 2.45) is 5.92 Å². The number of hydrogen-bond donors (Lipinski definition) is 3. The van der Waals surface area contributed by atoms with Crippen molar-refractivity contribution >= 4 is 17.5 Å². The van der Waals surface area contributed by atoms with E-state index >= 15 is 0 Å². The molecule has 2 amide bonds. The largest absolute Gasteiger partial charge is 0.352 e. The average molecular weight is 409 g/mol. The minimum absolute atomic E-state index is 0.0259.